The Bertz CT molecular complexity index is 2220. The minimum absolute atomic E-state index is 0.0260. The standard InChI is InChI=1S/C40H39Cl2F2N3O8.C2HF3O2/c41-31-19-47(51)20-32(42)30(31)18-34(25-9-10-33(55-40(43)44)35(17-25)52-22-23-7-8-23)53-38(49)27-4-1-5-28(15-27)45-37(26-3-2-6-29(48)16-26)39(50)54-36-21-46-13-11-24(36)12-14-46;3-2(4,5)1(6)7/h1-6,9-10,15-17,19-20,23-24,34,36-37,40,45,48H,7-8,11-14,18,21-22H2;(H,6,7)/t34-,36-,37?;/m0./s1. The molecule has 0 amide bonds. The van der Waals surface area contributed by atoms with Crippen molar-refractivity contribution in [2.45, 2.75) is 63.1 Å². The van der Waals surface area contributed by atoms with E-state index in [2.05, 4.69) is 10.2 Å². The molecule has 1 saturated carbocycles. The van der Waals surface area contributed by atoms with Crippen molar-refractivity contribution in [3.8, 4) is 17.2 Å². The fraction of sp³-hybridized carbons (Fsp3) is 0.381. The third kappa shape index (κ3) is 12.5. The fourth-order valence-corrected chi connectivity index (χ4v) is 7.60. The van der Waals surface area contributed by atoms with Gasteiger partial charge in [0.1, 0.15) is 28.0 Å². The molecular formula is C42H40Cl2F5N3O10. The molecule has 2 bridgehead atoms. The molecule has 62 heavy (non-hydrogen) atoms. The molecule has 1 aromatic heterocycles. The Labute approximate surface area is 361 Å². The van der Waals surface area contributed by atoms with Gasteiger partial charge in [0.05, 0.1) is 12.2 Å². The summed E-state index contributed by atoms with van der Waals surface area (Å²) in [5, 5.41) is 32.6. The van der Waals surface area contributed by atoms with E-state index in [0.717, 1.165) is 51.2 Å². The summed E-state index contributed by atoms with van der Waals surface area (Å²) in [6.07, 6.45) is -0.468. The first-order valence-electron chi connectivity index (χ1n) is 19.3. The van der Waals surface area contributed by atoms with E-state index in [4.69, 9.17) is 52.1 Å². The van der Waals surface area contributed by atoms with E-state index < -0.39 is 42.8 Å². The number of carbonyl (C=O) groups excluding carboxylic acids is 2. The molecule has 13 nitrogen and oxygen atoms in total. The Hall–Kier alpha value is -5.59. The lowest BCUT2D eigenvalue weighted by atomic mass is 9.86. The van der Waals surface area contributed by atoms with Crippen LogP contribution in [0.3, 0.4) is 0 Å². The molecule has 4 fully saturated rings. The molecule has 3 N–H and O–H groups in total. The monoisotopic (exact) mass is 911 g/mol. The number of phenolic OH excluding ortho intramolecular Hbond substituents is 1. The molecule has 4 aliphatic rings. The van der Waals surface area contributed by atoms with Crippen molar-refractivity contribution in [3.05, 3.63) is 117 Å². The van der Waals surface area contributed by atoms with Gasteiger partial charge in [-0.05, 0) is 104 Å². The molecular weight excluding hydrogens is 872 g/mol. The lowest BCUT2D eigenvalue weighted by Crippen LogP contribution is -2.52. The van der Waals surface area contributed by atoms with Crippen molar-refractivity contribution in [2.24, 2.45) is 11.8 Å². The first-order valence-corrected chi connectivity index (χ1v) is 20.1. The van der Waals surface area contributed by atoms with Gasteiger partial charge in [-0.15, -0.1) is 0 Å². The highest BCUT2D eigenvalue weighted by atomic mass is 35.5. The number of rotatable bonds is 15. The molecule has 3 aliphatic heterocycles. The highest BCUT2D eigenvalue weighted by Gasteiger charge is 2.39. The van der Waals surface area contributed by atoms with Crippen LogP contribution >= 0.6 is 23.2 Å². The van der Waals surface area contributed by atoms with Crippen LogP contribution in [0.25, 0.3) is 0 Å². The number of aromatic hydroxyl groups is 1. The summed E-state index contributed by atoms with van der Waals surface area (Å²) in [5.41, 5.74) is 1.65. The predicted molar refractivity (Wildman–Crippen MR) is 212 cm³/mol. The Morgan fingerprint density at radius 3 is 2.19 bits per heavy atom. The first-order chi connectivity index (χ1) is 29.4. The van der Waals surface area contributed by atoms with Crippen LogP contribution in [0.1, 0.15) is 64.9 Å². The Balaban J connectivity index is 0.000000845. The minimum atomic E-state index is -5.08. The molecule has 20 heteroatoms. The average molecular weight is 913 g/mol. The molecule has 8 rings (SSSR count). The number of aromatic nitrogens is 1. The van der Waals surface area contributed by atoms with Gasteiger partial charge in [0.15, 0.2) is 29.9 Å². The van der Waals surface area contributed by atoms with E-state index in [1.165, 1.54) is 42.5 Å². The van der Waals surface area contributed by atoms with Crippen LogP contribution in [-0.2, 0) is 25.5 Å². The van der Waals surface area contributed by atoms with Crippen LogP contribution in [0.2, 0.25) is 10.0 Å². The van der Waals surface area contributed by atoms with Gasteiger partial charge in [-0.2, -0.15) is 26.7 Å². The van der Waals surface area contributed by atoms with Crippen LogP contribution < -0.4 is 19.5 Å². The molecule has 3 saturated heterocycles. The second-order valence-corrected chi connectivity index (χ2v) is 15.7. The van der Waals surface area contributed by atoms with Crippen LogP contribution in [0, 0.1) is 17.0 Å². The number of piperidine rings is 3. The number of carboxylic acids is 1. The Morgan fingerprint density at radius 1 is 0.919 bits per heavy atom. The minimum Gasteiger partial charge on any atom is -0.619 e. The highest BCUT2D eigenvalue weighted by Crippen LogP contribution is 2.39. The number of aliphatic carboxylic acids is 1. The Kier molecular flexibility index (Phi) is 14.9. The number of halogens is 7. The molecule has 3 aromatic carbocycles. The van der Waals surface area contributed by atoms with E-state index >= 15 is 0 Å². The van der Waals surface area contributed by atoms with Gasteiger partial charge in [-0.1, -0.05) is 47.5 Å². The number of carboxylic acid groups (broad SMARTS) is 1. The average Bonchev–Trinajstić information content (AvgIpc) is 4.05. The molecule has 0 spiro atoms. The number of hydrogen-bond acceptors (Lipinski definition) is 11. The number of hydrogen-bond donors (Lipinski definition) is 3. The maximum Gasteiger partial charge on any atom is 0.490 e. The maximum absolute atomic E-state index is 13.9. The summed E-state index contributed by atoms with van der Waals surface area (Å²) in [6.45, 7) is -0.174. The van der Waals surface area contributed by atoms with Crippen LogP contribution in [-0.4, -0.2) is 78.2 Å². The second kappa shape index (κ2) is 20.1. The number of fused-ring (bicyclic) bond motifs is 3. The lowest BCUT2D eigenvalue weighted by Gasteiger charge is -2.44. The second-order valence-electron chi connectivity index (χ2n) is 14.9. The zero-order chi connectivity index (χ0) is 44.7. The van der Waals surface area contributed by atoms with Crippen LogP contribution in [0.4, 0.5) is 27.6 Å². The van der Waals surface area contributed by atoms with Gasteiger partial charge < -0.3 is 39.7 Å². The summed E-state index contributed by atoms with van der Waals surface area (Å²) in [5.74, 6) is -3.63. The quantitative estimate of drug-likeness (QED) is 0.0452. The largest absolute Gasteiger partial charge is 0.619 e. The molecule has 3 atom stereocenters. The van der Waals surface area contributed by atoms with Crippen molar-refractivity contribution in [1.82, 2.24) is 4.90 Å². The number of nitrogens with one attached hydrogen (secondary N) is 1. The van der Waals surface area contributed by atoms with E-state index in [1.54, 1.807) is 24.3 Å². The smallest absolute Gasteiger partial charge is 0.490 e. The van der Waals surface area contributed by atoms with E-state index in [0.29, 0.717) is 46.2 Å². The van der Waals surface area contributed by atoms with Crippen molar-refractivity contribution < 1.29 is 70.2 Å². The summed E-state index contributed by atoms with van der Waals surface area (Å²) in [6, 6.07) is 15.9. The van der Waals surface area contributed by atoms with Crippen LogP contribution in [0.15, 0.2) is 79.1 Å². The van der Waals surface area contributed by atoms with E-state index in [1.807, 2.05) is 0 Å². The lowest BCUT2D eigenvalue weighted by molar-refractivity contribution is -0.605. The van der Waals surface area contributed by atoms with Crippen molar-refractivity contribution in [3.63, 3.8) is 0 Å². The maximum atomic E-state index is 13.9. The predicted octanol–water partition coefficient (Wildman–Crippen LogP) is 8.29. The molecule has 1 aliphatic carbocycles. The number of ether oxygens (including phenoxy) is 4. The van der Waals surface area contributed by atoms with Gasteiger partial charge in [0, 0.05) is 24.2 Å². The van der Waals surface area contributed by atoms with E-state index in [-0.39, 0.29) is 51.3 Å². The topological polar surface area (TPSA) is 171 Å². The van der Waals surface area contributed by atoms with Gasteiger partial charge in [0.2, 0.25) is 0 Å². The van der Waals surface area contributed by atoms with E-state index in [9.17, 15) is 41.9 Å². The number of carbonyl (C=O) groups is 3. The number of benzene rings is 3. The number of esters is 2. The zero-order valence-electron chi connectivity index (χ0n) is 32.5. The summed E-state index contributed by atoms with van der Waals surface area (Å²) in [7, 11) is 0. The van der Waals surface area contributed by atoms with Gasteiger partial charge in [-0.25, -0.2) is 14.4 Å². The van der Waals surface area contributed by atoms with Crippen LogP contribution in [0.5, 0.6) is 17.2 Å². The van der Waals surface area contributed by atoms with Gasteiger partial charge in [-0.3, -0.25) is 4.90 Å². The van der Waals surface area contributed by atoms with Gasteiger partial charge in [0.25, 0.3) is 0 Å². The number of anilines is 1. The van der Waals surface area contributed by atoms with Gasteiger partial charge >= 0.3 is 30.7 Å². The SMILES string of the molecule is O=C(O)C(F)(F)F.O=C(O[C@@H](Cc1c(Cl)c[n+]([O-])cc1Cl)c1ccc(OC(F)F)c(OCC2CC2)c1)c1cccc(NC(C(=O)O[C@H]2CN3CCC2CC3)c2cccc(O)c2)c1. The third-order valence-electron chi connectivity index (χ3n) is 10.4. The van der Waals surface area contributed by atoms with Crippen molar-refractivity contribution in [1.29, 1.82) is 0 Å². The summed E-state index contributed by atoms with van der Waals surface area (Å²) in [4.78, 5) is 38.9. The highest BCUT2D eigenvalue weighted by molar-refractivity contribution is 6.35. The number of nitrogens with zero attached hydrogens (tertiary/aromatic N) is 2. The zero-order valence-corrected chi connectivity index (χ0v) is 34.0. The normalized spacial score (nSPS) is 19.1. The van der Waals surface area contributed by atoms with Crippen molar-refractivity contribution in [2.75, 3.05) is 31.6 Å². The number of phenols is 1. The third-order valence-corrected chi connectivity index (χ3v) is 11.0. The number of alkyl halides is 5. The molecule has 1 unspecified atom stereocenters. The van der Waals surface area contributed by atoms with Crippen molar-refractivity contribution >= 4 is 46.8 Å². The summed E-state index contributed by atoms with van der Waals surface area (Å²) >= 11 is 12.8. The molecule has 4 heterocycles. The summed E-state index contributed by atoms with van der Waals surface area (Å²) < 4.78 is 81.5. The molecule has 332 valence electrons. The first kappa shape index (κ1) is 45.9. The molecule has 0 radical (unpaired) electrons. The Morgan fingerprint density at radius 2 is 1.60 bits per heavy atom. The number of pyridine rings is 1. The molecule has 4 aromatic rings. The fourth-order valence-electron chi connectivity index (χ4n) is 7.01.